The van der Waals surface area contributed by atoms with Crippen LogP contribution in [0.15, 0.2) is 29.6 Å². The van der Waals surface area contributed by atoms with Gasteiger partial charge in [-0.15, -0.1) is 0 Å². The fourth-order valence-corrected chi connectivity index (χ4v) is 0.576. The van der Waals surface area contributed by atoms with Crippen molar-refractivity contribution in [2.45, 2.75) is 13.0 Å². The molecule has 3 heteroatoms. The van der Waals surface area contributed by atoms with Gasteiger partial charge in [0.15, 0.2) is 0 Å². The molecule has 0 saturated heterocycles. The zero-order chi connectivity index (χ0) is 7.40. The second kappa shape index (κ2) is 3.17. The minimum atomic E-state index is -0.484. The number of hydrogen-bond acceptors (Lipinski definition) is 2. The normalized spacial score (nSPS) is 14.2. The lowest BCUT2D eigenvalue weighted by atomic mass is 10.5. The first kappa shape index (κ1) is 7.02. The van der Waals surface area contributed by atoms with E-state index in [9.17, 15) is 0 Å². The maximum absolute atomic E-state index is 8.79. The molecule has 0 fully saturated rings. The third-order valence-corrected chi connectivity index (χ3v) is 1.00. The summed E-state index contributed by atoms with van der Waals surface area (Å²) in [6, 6.07) is 3.75. The van der Waals surface area contributed by atoms with Crippen molar-refractivity contribution in [3.8, 4) is 0 Å². The molecule has 0 amide bonds. The molecule has 54 valence electrons. The van der Waals surface area contributed by atoms with E-state index in [1.54, 1.807) is 24.0 Å². The van der Waals surface area contributed by atoms with Crippen molar-refractivity contribution in [1.29, 1.82) is 0 Å². The number of rotatable bonds is 2. The fraction of sp³-hybridized carbons (Fsp3) is 0.286. The van der Waals surface area contributed by atoms with Gasteiger partial charge in [0.1, 0.15) is 0 Å². The Morgan fingerprint density at radius 1 is 1.50 bits per heavy atom. The first-order valence-electron chi connectivity index (χ1n) is 3.14. The highest BCUT2D eigenvalue weighted by atomic mass is 16.3. The highest BCUT2D eigenvalue weighted by Gasteiger charge is 1.85. The number of aromatic nitrogens is 1. The van der Waals surface area contributed by atoms with Crippen molar-refractivity contribution in [2.24, 2.45) is 5.10 Å². The fourth-order valence-electron chi connectivity index (χ4n) is 0.576. The number of hydrogen-bond donors (Lipinski definition) is 1. The number of aliphatic hydroxyl groups excluding tert-OH is 1. The van der Waals surface area contributed by atoms with Gasteiger partial charge in [0.25, 0.3) is 0 Å². The smallest absolute Gasteiger partial charge is 0.0881 e. The average molecular weight is 138 g/mol. The number of nitrogens with zero attached hydrogens (tertiary/aromatic N) is 2. The van der Waals surface area contributed by atoms with Crippen molar-refractivity contribution < 1.29 is 5.11 Å². The van der Waals surface area contributed by atoms with Gasteiger partial charge in [-0.25, -0.2) is 4.68 Å². The monoisotopic (exact) mass is 138 g/mol. The van der Waals surface area contributed by atoms with E-state index in [1.165, 1.54) is 6.21 Å². The summed E-state index contributed by atoms with van der Waals surface area (Å²) in [4.78, 5) is 0. The minimum absolute atomic E-state index is 0.484. The van der Waals surface area contributed by atoms with Gasteiger partial charge >= 0.3 is 0 Å². The van der Waals surface area contributed by atoms with Gasteiger partial charge in [-0.1, -0.05) is 0 Å². The molecule has 1 unspecified atom stereocenters. The van der Waals surface area contributed by atoms with E-state index < -0.39 is 6.10 Å². The Hall–Kier alpha value is -1.09. The predicted molar refractivity (Wildman–Crippen MR) is 40.0 cm³/mol. The molecular formula is C7H10N2O. The van der Waals surface area contributed by atoms with Crippen LogP contribution in [-0.4, -0.2) is 22.1 Å². The summed E-state index contributed by atoms with van der Waals surface area (Å²) < 4.78 is 1.63. The lowest BCUT2D eigenvalue weighted by Gasteiger charge is -1.93. The Kier molecular flexibility index (Phi) is 2.23. The third-order valence-electron chi connectivity index (χ3n) is 1.00. The van der Waals surface area contributed by atoms with Gasteiger partial charge in [-0.05, 0) is 19.1 Å². The van der Waals surface area contributed by atoms with Crippen LogP contribution in [0.5, 0.6) is 0 Å². The van der Waals surface area contributed by atoms with Gasteiger partial charge in [0.05, 0.1) is 12.3 Å². The molecule has 1 heterocycles. The second-order valence-electron chi connectivity index (χ2n) is 2.07. The molecule has 0 aliphatic rings. The summed E-state index contributed by atoms with van der Waals surface area (Å²) in [7, 11) is 0. The summed E-state index contributed by atoms with van der Waals surface area (Å²) >= 11 is 0. The van der Waals surface area contributed by atoms with E-state index in [-0.39, 0.29) is 0 Å². The molecule has 0 aliphatic heterocycles. The summed E-state index contributed by atoms with van der Waals surface area (Å²) in [5, 5.41) is 12.7. The molecule has 1 N–H and O–H groups in total. The average Bonchev–Trinajstić information content (AvgIpc) is 2.34. The first-order chi connectivity index (χ1) is 4.79. The van der Waals surface area contributed by atoms with Crippen molar-refractivity contribution >= 4 is 6.21 Å². The van der Waals surface area contributed by atoms with E-state index in [2.05, 4.69) is 5.10 Å². The molecule has 3 nitrogen and oxygen atoms in total. The van der Waals surface area contributed by atoms with Crippen LogP contribution in [-0.2, 0) is 0 Å². The quantitative estimate of drug-likeness (QED) is 0.600. The van der Waals surface area contributed by atoms with Crippen LogP contribution in [0.4, 0.5) is 0 Å². The zero-order valence-electron chi connectivity index (χ0n) is 5.81. The third kappa shape index (κ3) is 2.03. The molecule has 10 heavy (non-hydrogen) atoms. The van der Waals surface area contributed by atoms with Crippen LogP contribution < -0.4 is 0 Å². The van der Waals surface area contributed by atoms with E-state index in [1.807, 2.05) is 12.1 Å². The Morgan fingerprint density at radius 2 is 2.10 bits per heavy atom. The lowest BCUT2D eigenvalue weighted by molar-refractivity contribution is 0.266. The molecule has 0 aromatic carbocycles. The Balaban J connectivity index is 2.55. The number of aliphatic hydroxyl groups is 1. The predicted octanol–water partition coefficient (Wildman–Crippen LogP) is 0.703. The van der Waals surface area contributed by atoms with Crippen molar-refractivity contribution in [3.63, 3.8) is 0 Å². The van der Waals surface area contributed by atoms with Crippen LogP contribution in [0, 0.1) is 0 Å². The topological polar surface area (TPSA) is 37.5 Å². The summed E-state index contributed by atoms with van der Waals surface area (Å²) in [5.41, 5.74) is 0. The molecule has 0 saturated carbocycles. The maximum atomic E-state index is 8.79. The van der Waals surface area contributed by atoms with E-state index >= 15 is 0 Å². The van der Waals surface area contributed by atoms with Gasteiger partial charge in [-0.3, -0.25) is 0 Å². The summed E-state index contributed by atoms with van der Waals surface area (Å²) in [6.45, 7) is 1.66. The standard InChI is InChI=1S/C7H10N2O/c1-7(10)6-8-9-4-2-3-5-9/h2-7,10H,1H3. The molecule has 0 spiro atoms. The minimum Gasteiger partial charge on any atom is -0.388 e. The molecule has 0 bridgehead atoms. The molecule has 0 radical (unpaired) electrons. The van der Waals surface area contributed by atoms with Crippen molar-refractivity contribution in [3.05, 3.63) is 24.5 Å². The molecule has 1 aromatic rings. The van der Waals surface area contributed by atoms with Crippen LogP contribution in [0.1, 0.15) is 6.92 Å². The molecule has 1 rings (SSSR count). The van der Waals surface area contributed by atoms with E-state index in [0.717, 1.165) is 0 Å². The summed E-state index contributed by atoms with van der Waals surface area (Å²) in [6.07, 6.45) is 4.60. The summed E-state index contributed by atoms with van der Waals surface area (Å²) in [5.74, 6) is 0. The molecule has 1 aromatic heterocycles. The van der Waals surface area contributed by atoms with Crippen molar-refractivity contribution in [2.75, 3.05) is 0 Å². The largest absolute Gasteiger partial charge is 0.388 e. The first-order valence-corrected chi connectivity index (χ1v) is 3.14. The Morgan fingerprint density at radius 3 is 2.60 bits per heavy atom. The van der Waals surface area contributed by atoms with Crippen LogP contribution >= 0.6 is 0 Å². The highest BCUT2D eigenvalue weighted by molar-refractivity contribution is 5.61. The van der Waals surface area contributed by atoms with Crippen LogP contribution in [0.3, 0.4) is 0 Å². The van der Waals surface area contributed by atoms with Gasteiger partial charge in [0.2, 0.25) is 0 Å². The van der Waals surface area contributed by atoms with Crippen LogP contribution in [0.2, 0.25) is 0 Å². The second-order valence-corrected chi connectivity index (χ2v) is 2.07. The molecule has 0 aliphatic carbocycles. The zero-order valence-corrected chi connectivity index (χ0v) is 5.81. The molecular weight excluding hydrogens is 128 g/mol. The SMILES string of the molecule is CC(O)C=Nn1cccc1. The highest BCUT2D eigenvalue weighted by Crippen LogP contribution is 1.87. The van der Waals surface area contributed by atoms with Crippen LogP contribution in [0.25, 0.3) is 0 Å². The Labute approximate surface area is 59.6 Å². The van der Waals surface area contributed by atoms with E-state index in [0.29, 0.717) is 0 Å². The lowest BCUT2D eigenvalue weighted by Crippen LogP contribution is -2.01. The maximum Gasteiger partial charge on any atom is 0.0881 e. The molecule has 1 atom stereocenters. The van der Waals surface area contributed by atoms with Gasteiger partial charge in [0, 0.05) is 12.4 Å². The van der Waals surface area contributed by atoms with Gasteiger partial charge < -0.3 is 5.11 Å². The van der Waals surface area contributed by atoms with Gasteiger partial charge in [-0.2, -0.15) is 5.10 Å². The van der Waals surface area contributed by atoms with Crippen molar-refractivity contribution in [1.82, 2.24) is 4.68 Å². The van der Waals surface area contributed by atoms with E-state index in [4.69, 9.17) is 5.11 Å². The Bertz CT molecular complexity index is 201.